The Morgan fingerprint density at radius 1 is 0.824 bits per heavy atom. The van der Waals surface area contributed by atoms with Crippen LogP contribution in [0.15, 0.2) is 94.1 Å². The lowest BCUT2D eigenvalue weighted by Gasteiger charge is -2.13. The maximum Gasteiger partial charge on any atom is 0.340 e. The van der Waals surface area contributed by atoms with Gasteiger partial charge in [0.05, 0.1) is 0 Å². The molecule has 168 valence electrons. The van der Waals surface area contributed by atoms with Crippen molar-refractivity contribution in [2.24, 2.45) is 0 Å². The van der Waals surface area contributed by atoms with Crippen molar-refractivity contribution in [2.45, 2.75) is 20.3 Å². The largest absolute Gasteiger partial charge is 0.485 e. The molecule has 4 aromatic carbocycles. The van der Waals surface area contributed by atoms with E-state index < -0.39 is 0 Å². The predicted octanol–water partition coefficient (Wildman–Crippen LogP) is 6.42. The minimum atomic E-state index is -0.346. The van der Waals surface area contributed by atoms with Crippen LogP contribution in [-0.2, 0) is 6.42 Å². The number of hydrogen-bond donors (Lipinski definition) is 0. The van der Waals surface area contributed by atoms with Crippen molar-refractivity contribution in [1.82, 2.24) is 0 Å². The molecular formula is C30H24O4. The van der Waals surface area contributed by atoms with E-state index in [1.807, 2.05) is 98.8 Å². The van der Waals surface area contributed by atoms with E-state index in [0.717, 1.165) is 27.3 Å². The Hall–Kier alpha value is -4.18. The van der Waals surface area contributed by atoms with Gasteiger partial charge in [0.1, 0.15) is 11.3 Å². The van der Waals surface area contributed by atoms with Crippen LogP contribution in [0.25, 0.3) is 21.7 Å². The molecule has 0 aliphatic carbocycles. The van der Waals surface area contributed by atoms with E-state index >= 15 is 0 Å². The fourth-order valence-electron chi connectivity index (χ4n) is 4.32. The Morgan fingerprint density at radius 3 is 2.35 bits per heavy atom. The molecule has 0 aliphatic heterocycles. The van der Waals surface area contributed by atoms with Gasteiger partial charge in [0.15, 0.2) is 12.4 Å². The number of ether oxygens (including phenoxy) is 1. The zero-order valence-corrected chi connectivity index (χ0v) is 19.1. The summed E-state index contributed by atoms with van der Waals surface area (Å²) < 4.78 is 11.6. The summed E-state index contributed by atoms with van der Waals surface area (Å²) in [7, 11) is 0. The molecule has 0 aliphatic rings. The molecule has 0 radical (unpaired) electrons. The summed E-state index contributed by atoms with van der Waals surface area (Å²) in [6.45, 7) is 3.69. The topological polar surface area (TPSA) is 56.5 Å². The monoisotopic (exact) mass is 448 g/mol. The van der Waals surface area contributed by atoms with Gasteiger partial charge >= 0.3 is 5.63 Å². The average molecular weight is 449 g/mol. The van der Waals surface area contributed by atoms with E-state index in [2.05, 4.69) is 0 Å². The first kappa shape index (κ1) is 21.7. The molecular weight excluding hydrogens is 424 g/mol. The molecule has 4 heteroatoms. The summed E-state index contributed by atoms with van der Waals surface area (Å²) in [5.41, 5.74) is 4.06. The lowest BCUT2D eigenvalue weighted by atomic mass is 9.98. The zero-order chi connectivity index (χ0) is 23.7. The fraction of sp³-hybridized carbons (Fsp3) is 0.133. The smallest absolute Gasteiger partial charge is 0.340 e. The molecule has 0 amide bonds. The standard InChI is InChI=1S/C30H24O4/c1-19-25-14-15-28(33-18-27(31)24-13-12-22-10-6-7-11-23(22)17-24)20(2)29(25)34-30(32)26(19)16-21-8-4-3-5-9-21/h3-15,17H,16,18H2,1-2H3. The van der Waals surface area contributed by atoms with Crippen molar-refractivity contribution in [3.8, 4) is 5.75 Å². The highest BCUT2D eigenvalue weighted by molar-refractivity contribution is 6.01. The second kappa shape index (κ2) is 8.99. The van der Waals surface area contributed by atoms with Gasteiger partial charge in [0.25, 0.3) is 0 Å². The van der Waals surface area contributed by atoms with E-state index in [4.69, 9.17) is 9.15 Å². The van der Waals surface area contributed by atoms with Crippen molar-refractivity contribution >= 4 is 27.5 Å². The van der Waals surface area contributed by atoms with Gasteiger partial charge in [-0.15, -0.1) is 0 Å². The van der Waals surface area contributed by atoms with Crippen molar-refractivity contribution in [2.75, 3.05) is 6.61 Å². The third-order valence-electron chi connectivity index (χ3n) is 6.31. The fourth-order valence-corrected chi connectivity index (χ4v) is 4.32. The van der Waals surface area contributed by atoms with Crippen LogP contribution in [0, 0.1) is 13.8 Å². The molecule has 34 heavy (non-hydrogen) atoms. The van der Waals surface area contributed by atoms with Crippen LogP contribution in [-0.4, -0.2) is 12.4 Å². The first-order valence-corrected chi connectivity index (χ1v) is 11.3. The van der Waals surface area contributed by atoms with Crippen LogP contribution in [0.2, 0.25) is 0 Å². The molecule has 1 aromatic heterocycles. The number of hydrogen-bond acceptors (Lipinski definition) is 4. The normalized spacial score (nSPS) is 11.1. The highest BCUT2D eigenvalue weighted by Gasteiger charge is 2.16. The van der Waals surface area contributed by atoms with Gasteiger partial charge < -0.3 is 9.15 Å². The molecule has 4 nitrogen and oxygen atoms in total. The highest BCUT2D eigenvalue weighted by atomic mass is 16.5. The third kappa shape index (κ3) is 4.11. The molecule has 5 aromatic rings. The molecule has 1 heterocycles. The Kier molecular flexibility index (Phi) is 5.72. The van der Waals surface area contributed by atoms with Gasteiger partial charge in [-0.1, -0.05) is 66.7 Å². The van der Waals surface area contributed by atoms with Gasteiger partial charge in [-0.05, 0) is 53.9 Å². The maximum atomic E-state index is 12.8. The molecule has 0 unspecified atom stereocenters. The maximum absolute atomic E-state index is 12.8. The van der Waals surface area contributed by atoms with Crippen LogP contribution in [0.5, 0.6) is 5.75 Å². The number of carbonyl (C=O) groups is 1. The van der Waals surface area contributed by atoms with E-state index in [1.54, 1.807) is 0 Å². The molecule has 0 saturated heterocycles. The number of fused-ring (bicyclic) bond motifs is 2. The molecule has 5 rings (SSSR count). The number of rotatable bonds is 6. The average Bonchev–Trinajstić information content (AvgIpc) is 2.86. The third-order valence-corrected chi connectivity index (χ3v) is 6.31. The number of Topliss-reactive ketones (excluding diaryl/α,β-unsaturated/α-hetero) is 1. The van der Waals surface area contributed by atoms with Crippen LogP contribution in [0.3, 0.4) is 0 Å². The molecule has 0 atom stereocenters. The van der Waals surface area contributed by atoms with Crippen LogP contribution < -0.4 is 10.4 Å². The first-order chi connectivity index (χ1) is 16.5. The summed E-state index contributed by atoms with van der Waals surface area (Å²) in [6, 6.07) is 27.2. The molecule has 0 bridgehead atoms. The van der Waals surface area contributed by atoms with E-state index in [9.17, 15) is 9.59 Å². The zero-order valence-electron chi connectivity index (χ0n) is 19.1. The van der Waals surface area contributed by atoms with Crippen LogP contribution in [0.4, 0.5) is 0 Å². The van der Waals surface area contributed by atoms with Crippen LogP contribution >= 0.6 is 0 Å². The first-order valence-electron chi connectivity index (χ1n) is 11.3. The Bertz CT molecular complexity index is 1580. The molecule has 0 spiro atoms. The van der Waals surface area contributed by atoms with Crippen molar-refractivity contribution in [1.29, 1.82) is 0 Å². The second-order valence-electron chi connectivity index (χ2n) is 8.49. The summed E-state index contributed by atoms with van der Waals surface area (Å²) in [6.07, 6.45) is 0.516. The highest BCUT2D eigenvalue weighted by Crippen LogP contribution is 2.30. The van der Waals surface area contributed by atoms with Gasteiger partial charge in [-0.2, -0.15) is 0 Å². The predicted molar refractivity (Wildman–Crippen MR) is 135 cm³/mol. The Labute approximate surface area is 197 Å². The van der Waals surface area contributed by atoms with Gasteiger partial charge in [-0.3, -0.25) is 4.79 Å². The molecule has 0 N–H and O–H groups in total. The van der Waals surface area contributed by atoms with Crippen LogP contribution in [0.1, 0.15) is 32.6 Å². The van der Waals surface area contributed by atoms with E-state index in [0.29, 0.717) is 34.4 Å². The van der Waals surface area contributed by atoms with Gasteiger partial charge in [-0.25, -0.2) is 4.79 Å². The molecule has 0 saturated carbocycles. The number of carbonyl (C=O) groups excluding carboxylic acids is 1. The lowest BCUT2D eigenvalue weighted by molar-refractivity contribution is 0.0921. The summed E-state index contributed by atoms with van der Waals surface area (Å²) in [4.78, 5) is 25.6. The number of ketones is 1. The minimum absolute atomic E-state index is 0.0972. The molecule has 0 fully saturated rings. The second-order valence-corrected chi connectivity index (χ2v) is 8.49. The number of aryl methyl sites for hydroxylation is 2. The Balaban J connectivity index is 1.40. The van der Waals surface area contributed by atoms with Gasteiger partial charge in [0, 0.05) is 28.5 Å². The quantitative estimate of drug-likeness (QED) is 0.222. The van der Waals surface area contributed by atoms with E-state index in [1.165, 1.54) is 0 Å². The summed E-state index contributed by atoms with van der Waals surface area (Å²) >= 11 is 0. The van der Waals surface area contributed by atoms with E-state index in [-0.39, 0.29) is 18.0 Å². The lowest BCUT2D eigenvalue weighted by Crippen LogP contribution is -2.13. The van der Waals surface area contributed by atoms with Gasteiger partial charge in [0.2, 0.25) is 0 Å². The summed E-state index contributed by atoms with van der Waals surface area (Å²) in [5, 5.41) is 2.97. The minimum Gasteiger partial charge on any atom is -0.485 e. The summed E-state index contributed by atoms with van der Waals surface area (Å²) in [5.74, 6) is 0.418. The number of benzene rings is 4. The SMILES string of the molecule is Cc1c(Cc2ccccc2)c(=O)oc2c(C)c(OCC(=O)c3ccc4ccccc4c3)ccc12. The van der Waals surface area contributed by atoms with Crippen molar-refractivity contribution < 1.29 is 13.9 Å². The Morgan fingerprint density at radius 2 is 1.56 bits per heavy atom. The van der Waals surface area contributed by atoms with Crippen molar-refractivity contribution in [3.63, 3.8) is 0 Å². The van der Waals surface area contributed by atoms with Crippen molar-refractivity contribution in [3.05, 3.63) is 123 Å².